The maximum Gasteiger partial charge on any atom is 0.154 e. The minimum Gasteiger partial charge on any atom is -0.497 e. The van der Waals surface area contributed by atoms with E-state index in [2.05, 4.69) is 33.0 Å². The predicted octanol–water partition coefficient (Wildman–Crippen LogP) is 4.38. The molecule has 0 amide bonds. The molecular weight excluding hydrogens is 398 g/mol. The quantitative estimate of drug-likeness (QED) is 0.491. The van der Waals surface area contributed by atoms with Crippen LogP contribution in [-0.2, 0) is 0 Å². The Kier molecular flexibility index (Phi) is 4.93. The topological polar surface area (TPSA) is 45.9 Å². The number of piperazine rings is 1. The van der Waals surface area contributed by atoms with E-state index in [1.54, 1.807) is 7.11 Å². The Morgan fingerprint density at radius 1 is 0.933 bits per heavy atom. The second kappa shape index (κ2) is 7.88. The molecule has 0 aliphatic carbocycles. The first-order chi connectivity index (χ1) is 14.7. The van der Waals surface area contributed by atoms with Crippen molar-refractivity contribution in [1.82, 2.24) is 14.6 Å². The van der Waals surface area contributed by atoms with Crippen molar-refractivity contribution in [3.63, 3.8) is 0 Å². The van der Waals surface area contributed by atoms with Gasteiger partial charge in [-0.25, -0.2) is 9.50 Å². The molecule has 0 bridgehead atoms. The third kappa shape index (κ3) is 3.55. The minimum absolute atomic E-state index is 0.765. The number of ether oxygens (including phenoxy) is 1. The van der Waals surface area contributed by atoms with Crippen LogP contribution in [0.2, 0.25) is 5.02 Å². The summed E-state index contributed by atoms with van der Waals surface area (Å²) in [7, 11) is 1.68. The van der Waals surface area contributed by atoms with Gasteiger partial charge in [0.1, 0.15) is 11.3 Å². The average Bonchev–Trinajstić information content (AvgIpc) is 3.24. The molecule has 7 heteroatoms. The molecule has 5 rings (SSSR count). The molecular formula is C23H22ClN5O. The van der Waals surface area contributed by atoms with Crippen LogP contribution in [0, 0.1) is 0 Å². The van der Waals surface area contributed by atoms with E-state index in [9.17, 15) is 0 Å². The van der Waals surface area contributed by atoms with Crippen LogP contribution < -0.4 is 14.5 Å². The molecule has 2 aromatic carbocycles. The van der Waals surface area contributed by atoms with Crippen molar-refractivity contribution in [3.05, 3.63) is 72.0 Å². The number of anilines is 2. The van der Waals surface area contributed by atoms with Crippen LogP contribution in [0.3, 0.4) is 0 Å². The first-order valence-electron chi connectivity index (χ1n) is 9.95. The number of halogens is 1. The molecule has 0 unspecified atom stereocenters. The zero-order valence-electron chi connectivity index (χ0n) is 16.7. The van der Waals surface area contributed by atoms with E-state index in [-0.39, 0.29) is 0 Å². The Labute approximate surface area is 180 Å². The van der Waals surface area contributed by atoms with Gasteiger partial charge in [-0.05, 0) is 42.5 Å². The fraction of sp³-hybridized carbons (Fsp3) is 0.217. The smallest absolute Gasteiger partial charge is 0.154 e. The zero-order valence-corrected chi connectivity index (χ0v) is 17.5. The van der Waals surface area contributed by atoms with Crippen molar-refractivity contribution in [2.75, 3.05) is 43.1 Å². The monoisotopic (exact) mass is 419 g/mol. The predicted molar refractivity (Wildman–Crippen MR) is 121 cm³/mol. The summed E-state index contributed by atoms with van der Waals surface area (Å²) >= 11 is 6.02. The molecule has 1 fully saturated rings. The Balaban J connectivity index is 1.40. The van der Waals surface area contributed by atoms with Gasteiger partial charge in [0.2, 0.25) is 0 Å². The van der Waals surface area contributed by atoms with Gasteiger partial charge < -0.3 is 14.5 Å². The van der Waals surface area contributed by atoms with E-state index in [1.807, 2.05) is 53.3 Å². The summed E-state index contributed by atoms with van der Waals surface area (Å²) in [5, 5.41) is 5.52. The van der Waals surface area contributed by atoms with Crippen molar-refractivity contribution in [1.29, 1.82) is 0 Å². The lowest BCUT2D eigenvalue weighted by Crippen LogP contribution is -2.47. The van der Waals surface area contributed by atoms with E-state index >= 15 is 0 Å². The maximum atomic E-state index is 6.02. The van der Waals surface area contributed by atoms with Gasteiger partial charge in [0.05, 0.1) is 12.8 Å². The van der Waals surface area contributed by atoms with Gasteiger partial charge in [0.25, 0.3) is 0 Å². The number of rotatable bonds is 4. The van der Waals surface area contributed by atoms with E-state index in [0.29, 0.717) is 0 Å². The number of methoxy groups -OCH3 is 1. The molecule has 4 aromatic rings. The van der Waals surface area contributed by atoms with Crippen molar-refractivity contribution < 1.29 is 4.74 Å². The van der Waals surface area contributed by atoms with Crippen LogP contribution >= 0.6 is 11.6 Å². The van der Waals surface area contributed by atoms with Gasteiger partial charge in [-0.15, -0.1) is 0 Å². The Morgan fingerprint density at radius 2 is 1.70 bits per heavy atom. The van der Waals surface area contributed by atoms with Gasteiger partial charge in [-0.1, -0.05) is 23.7 Å². The van der Waals surface area contributed by atoms with Crippen LogP contribution in [0.25, 0.3) is 16.8 Å². The number of benzene rings is 2. The second-order valence-corrected chi connectivity index (χ2v) is 7.73. The molecule has 1 saturated heterocycles. The average molecular weight is 420 g/mol. The molecule has 1 aliphatic heterocycles. The van der Waals surface area contributed by atoms with Gasteiger partial charge in [0, 0.05) is 54.8 Å². The fourth-order valence-corrected chi connectivity index (χ4v) is 4.03. The largest absolute Gasteiger partial charge is 0.497 e. The first kappa shape index (κ1) is 18.8. The summed E-state index contributed by atoms with van der Waals surface area (Å²) in [4.78, 5) is 9.40. The summed E-state index contributed by atoms with van der Waals surface area (Å²) < 4.78 is 7.26. The van der Waals surface area contributed by atoms with Crippen molar-refractivity contribution in [2.45, 2.75) is 0 Å². The Morgan fingerprint density at radius 3 is 2.47 bits per heavy atom. The fourth-order valence-electron chi connectivity index (χ4n) is 3.90. The molecule has 0 saturated carbocycles. The molecule has 0 spiro atoms. The molecule has 0 N–H and O–H groups in total. The van der Waals surface area contributed by atoms with Crippen LogP contribution in [0.4, 0.5) is 11.5 Å². The van der Waals surface area contributed by atoms with E-state index < -0.39 is 0 Å². The molecule has 1 aliphatic rings. The highest BCUT2D eigenvalue weighted by Gasteiger charge is 2.21. The molecule has 2 aromatic heterocycles. The van der Waals surface area contributed by atoms with Crippen molar-refractivity contribution in [2.24, 2.45) is 0 Å². The summed E-state index contributed by atoms with van der Waals surface area (Å²) in [5.41, 5.74) is 4.14. The minimum atomic E-state index is 0.765. The van der Waals surface area contributed by atoms with Gasteiger partial charge in [0.15, 0.2) is 5.82 Å². The summed E-state index contributed by atoms with van der Waals surface area (Å²) in [5.74, 6) is 1.79. The maximum absolute atomic E-state index is 6.02. The lowest BCUT2D eigenvalue weighted by molar-refractivity contribution is 0.415. The van der Waals surface area contributed by atoms with Crippen LogP contribution in [-0.4, -0.2) is 47.9 Å². The summed E-state index contributed by atoms with van der Waals surface area (Å²) in [6.45, 7) is 3.66. The van der Waals surface area contributed by atoms with E-state index in [0.717, 1.165) is 59.5 Å². The Bertz CT molecular complexity index is 1170. The Hall–Kier alpha value is -3.25. The normalized spacial score (nSPS) is 14.3. The number of hydrogen-bond acceptors (Lipinski definition) is 5. The standard InChI is InChI=1S/C23H22ClN5O/c1-30-20-4-2-3-17(15-20)21-16-22-23(25-9-10-29(22)26-21)28-13-11-27(12-14-28)19-7-5-18(24)6-8-19/h2-10,15-16H,11-14H2,1H3. The van der Waals surface area contributed by atoms with Crippen LogP contribution in [0.15, 0.2) is 67.0 Å². The summed E-state index contributed by atoms with van der Waals surface area (Å²) in [6, 6.07) is 18.1. The van der Waals surface area contributed by atoms with E-state index in [1.165, 1.54) is 5.69 Å². The van der Waals surface area contributed by atoms with Gasteiger partial charge in [-0.2, -0.15) is 5.10 Å². The number of hydrogen-bond donors (Lipinski definition) is 0. The molecule has 30 heavy (non-hydrogen) atoms. The van der Waals surface area contributed by atoms with Gasteiger partial charge in [-0.3, -0.25) is 0 Å². The third-order valence-corrected chi connectivity index (χ3v) is 5.76. The van der Waals surface area contributed by atoms with Crippen molar-refractivity contribution in [3.8, 4) is 17.0 Å². The second-order valence-electron chi connectivity index (χ2n) is 7.29. The molecule has 0 radical (unpaired) electrons. The molecule has 6 nitrogen and oxygen atoms in total. The zero-order chi connectivity index (χ0) is 20.5. The van der Waals surface area contributed by atoms with Crippen LogP contribution in [0.1, 0.15) is 0 Å². The molecule has 3 heterocycles. The summed E-state index contributed by atoms with van der Waals surface area (Å²) in [6.07, 6.45) is 3.71. The SMILES string of the molecule is COc1cccc(-c2cc3c(N4CCN(c5ccc(Cl)cc5)CC4)nccn3n2)c1. The van der Waals surface area contributed by atoms with Crippen molar-refractivity contribution >= 4 is 28.6 Å². The number of fused-ring (bicyclic) bond motifs is 1. The highest BCUT2D eigenvalue weighted by Crippen LogP contribution is 2.28. The number of nitrogens with zero attached hydrogens (tertiary/aromatic N) is 5. The molecule has 0 atom stereocenters. The van der Waals surface area contributed by atoms with Gasteiger partial charge >= 0.3 is 0 Å². The van der Waals surface area contributed by atoms with Crippen LogP contribution in [0.5, 0.6) is 5.75 Å². The number of aromatic nitrogens is 3. The third-order valence-electron chi connectivity index (χ3n) is 5.51. The highest BCUT2D eigenvalue weighted by atomic mass is 35.5. The van der Waals surface area contributed by atoms with E-state index in [4.69, 9.17) is 21.4 Å². The lowest BCUT2D eigenvalue weighted by Gasteiger charge is -2.36. The molecule has 152 valence electrons. The lowest BCUT2D eigenvalue weighted by atomic mass is 10.1. The highest BCUT2D eigenvalue weighted by molar-refractivity contribution is 6.30. The first-order valence-corrected chi connectivity index (χ1v) is 10.3.